The number of nitrogens with one attached hydrogen (secondary N) is 1. The largest absolute Gasteiger partial charge is 0.497 e. The van der Waals surface area contributed by atoms with Crippen molar-refractivity contribution in [3.05, 3.63) is 107 Å². The molecule has 1 heterocycles. The normalized spacial score (nSPS) is 10.7. The molecule has 0 aliphatic heterocycles. The molecule has 0 spiro atoms. The van der Waals surface area contributed by atoms with E-state index in [1.54, 1.807) is 42.1 Å². The second-order valence-corrected chi connectivity index (χ2v) is 7.91. The van der Waals surface area contributed by atoms with E-state index in [2.05, 4.69) is 10.4 Å². The molecule has 0 aliphatic rings. The van der Waals surface area contributed by atoms with E-state index in [0.29, 0.717) is 29.1 Å². The quantitative estimate of drug-likeness (QED) is 0.376. The lowest BCUT2D eigenvalue weighted by molar-refractivity contribution is 0.102. The van der Waals surface area contributed by atoms with E-state index in [9.17, 15) is 9.18 Å². The number of nitrogens with zero attached hydrogens (tertiary/aromatic N) is 2. The lowest BCUT2D eigenvalue weighted by Crippen LogP contribution is -2.13. The second kappa shape index (κ2) is 10.2. The van der Waals surface area contributed by atoms with E-state index < -0.39 is 0 Å². The molecule has 4 rings (SSSR count). The Kier molecular flexibility index (Phi) is 6.92. The molecule has 3 aromatic carbocycles. The van der Waals surface area contributed by atoms with Gasteiger partial charge in [0.05, 0.1) is 30.7 Å². The van der Waals surface area contributed by atoms with Crippen LogP contribution in [0.4, 0.5) is 10.1 Å². The smallest absolute Gasteiger partial charge is 0.255 e. The number of aryl methyl sites for hydroxylation is 1. The third-order valence-corrected chi connectivity index (χ3v) is 5.58. The van der Waals surface area contributed by atoms with Crippen LogP contribution in [0.25, 0.3) is 0 Å². The molecule has 0 bridgehead atoms. The van der Waals surface area contributed by atoms with Gasteiger partial charge in [-0.05, 0) is 61.9 Å². The average Bonchev–Trinajstić information content (AvgIpc) is 3.12. The van der Waals surface area contributed by atoms with Crippen molar-refractivity contribution >= 4 is 11.6 Å². The second-order valence-electron chi connectivity index (χ2n) is 7.91. The predicted molar refractivity (Wildman–Crippen MR) is 129 cm³/mol. The van der Waals surface area contributed by atoms with Gasteiger partial charge < -0.3 is 14.8 Å². The van der Waals surface area contributed by atoms with Gasteiger partial charge in [-0.15, -0.1) is 0 Å². The number of anilines is 1. The van der Waals surface area contributed by atoms with Crippen molar-refractivity contribution < 1.29 is 18.7 Å². The predicted octanol–water partition coefficient (Wildman–Crippen LogP) is 5.53. The van der Waals surface area contributed by atoms with Crippen LogP contribution in [0.5, 0.6) is 11.5 Å². The molecule has 1 aromatic heterocycles. The minimum absolute atomic E-state index is 0.237. The molecule has 34 heavy (non-hydrogen) atoms. The summed E-state index contributed by atoms with van der Waals surface area (Å²) >= 11 is 0. The lowest BCUT2D eigenvalue weighted by Gasteiger charge is -2.09. The van der Waals surface area contributed by atoms with E-state index in [1.165, 1.54) is 6.07 Å². The molecule has 0 saturated carbocycles. The third kappa shape index (κ3) is 5.26. The van der Waals surface area contributed by atoms with Crippen molar-refractivity contribution in [3.8, 4) is 11.5 Å². The summed E-state index contributed by atoms with van der Waals surface area (Å²) in [5, 5.41) is 7.43. The highest BCUT2D eigenvalue weighted by atomic mass is 19.1. The van der Waals surface area contributed by atoms with Gasteiger partial charge in [-0.1, -0.05) is 30.3 Å². The number of aromatic nitrogens is 2. The van der Waals surface area contributed by atoms with Gasteiger partial charge in [0, 0.05) is 11.1 Å². The maximum Gasteiger partial charge on any atom is 0.255 e. The van der Waals surface area contributed by atoms with E-state index in [-0.39, 0.29) is 18.3 Å². The van der Waals surface area contributed by atoms with E-state index >= 15 is 0 Å². The van der Waals surface area contributed by atoms with Crippen LogP contribution in [0.2, 0.25) is 0 Å². The van der Waals surface area contributed by atoms with Crippen LogP contribution in [0, 0.1) is 19.7 Å². The van der Waals surface area contributed by atoms with E-state index in [1.807, 2.05) is 50.2 Å². The topological polar surface area (TPSA) is 65.4 Å². The summed E-state index contributed by atoms with van der Waals surface area (Å²) in [6.07, 6.45) is 0. The molecule has 0 fully saturated rings. The molecular weight excluding hydrogens is 433 g/mol. The number of hydrogen-bond donors (Lipinski definition) is 1. The van der Waals surface area contributed by atoms with Gasteiger partial charge in [0.1, 0.15) is 23.9 Å². The van der Waals surface area contributed by atoms with Crippen LogP contribution in [-0.2, 0) is 13.2 Å². The number of halogens is 1. The number of hydrogen-bond acceptors (Lipinski definition) is 4. The van der Waals surface area contributed by atoms with Crippen LogP contribution >= 0.6 is 0 Å². The Morgan fingerprint density at radius 3 is 2.32 bits per heavy atom. The summed E-state index contributed by atoms with van der Waals surface area (Å²) in [4.78, 5) is 12.8. The zero-order valence-electron chi connectivity index (χ0n) is 19.3. The summed E-state index contributed by atoms with van der Waals surface area (Å²) in [7, 11) is 1.62. The minimum Gasteiger partial charge on any atom is -0.497 e. The van der Waals surface area contributed by atoms with Gasteiger partial charge >= 0.3 is 0 Å². The van der Waals surface area contributed by atoms with Crippen molar-refractivity contribution in [1.29, 1.82) is 0 Å². The molecule has 0 atom stereocenters. The first-order valence-corrected chi connectivity index (χ1v) is 10.9. The lowest BCUT2D eigenvalue weighted by atomic mass is 10.1. The molecular formula is C27H26FN3O3. The zero-order chi connectivity index (χ0) is 24.1. The highest BCUT2D eigenvalue weighted by Crippen LogP contribution is 2.22. The fourth-order valence-electron chi connectivity index (χ4n) is 3.60. The molecule has 7 heteroatoms. The average molecular weight is 460 g/mol. The van der Waals surface area contributed by atoms with Crippen LogP contribution in [-0.4, -0.2) is 22.8 Å². The molecule has 6 nitrogen and oxygen atoms in total. The molecule has 1 amide bonds. The van der Waals surface area contributed by atoms with Gasteiger partial charge in [0.15, 0.2) is 0 Å². The van der Waals surface area contributed by atoms with Crippen LogP contribution < -0.4 is 14.8 Å². The number of rotatable bonds is 8. The highest BCUT2D eigenvalue weighted by Gasteiger charge is 2.16. The molecule has 0 aliphatic carbocycles. The summed E-state index contributed by atoms with van der Waals surface area (Å²) < 4.78 is 26.7. The SMILES string of the molecule is COc1ccc(OCc2ccc(C(=O)Nc3c(C)nn(Cc4ccccc4F)c3C)cc2)cc1. The summed E-state index contributed by atoms with van der Waals surface area (Å²) in [6, 6.07) is 21.2. The summed E-state index contributed by atoms with van der Waals surface area (Å²) in [5.41, 5.74) is 4.07. The Balaban J connectivity index is 1.39. The molecule has 4 aromatic rings. The van der Waals surface area contributed by atoms with Crippen LogP contribution in [0.3, 0.4) is 0 Å². The van der Waals surface area contributed by atoms with Crippen LogP contribution in [0.1, 0.15) is 32.9 Å². The number of methoxy groups -OCH3 is 1. The molecule has 0 saturated heterocycles. The van der Waals surface area contributed by atoms with Crippen LogP contribution in [0.15, 0.2) is 72.8 Å². The number of amides is 1. The number of benzene rings is 3. The van der Waals surface area contributed by atoms with Gasteiger partial charge in [-0.2, -0.15) is 5.10 Å². The minimum atomic E-state index is -0.281. The van der Waals surface area contributed by atoms with Gasteiger partial charge in [0.25, 0.3) is 5.91 Å². The first-order valence-electron chi connectivity index (χ1n) is 10.9. The zero-order valence-corrected chi connectivity index (χ0v) is 19.3. The summed E-state index contributed by atoms with van der Waals surface area (Å²) in [5.74, 6) is 0.989. The Morgan fingerprint density at radius 2 is 1.65 bits per heavy atom. The Labute approximate surface area is 198 Å². The Morgan fingerprint density at radius 1 is 0.971 bits per heavy atom. The summed E-state index contributed by atoms with van der Waals surface area (Å²) in [6.45, 7) is 4.35. The maximum absolute atomic E-state index is 14.0. The van der Waals surface area contributed by atoms with Gasteiger partial charge in [0.2, 0.25) is 0 Å². The first-order chi connectivity index (χ1) is 16.4. The standard InChI is InChI=1S/C27H26FN3O3/c1-18-26(19(2)31(30-18)16-22-6-4-5-7-25(22)28)29-27(32)21-10-8-20(9-11-21)17-34-24-14-12-23(33-3)13-15-24/h4-15H,16-17H2,1-3H3,(H,29,32). The van der Waals surface area contributed by atoms with Gasteiger partial charge in [-0.3, -0.25) is 9.48 Å². The molecule has 0 radical (unpaired) electrons. The fourth-order valence-corrected chi connectivity index (χ4v) is 3.60. The molecule has 1 N–H and O–H groups in total. The third-order valence-electron chi connectivity index (χ3n) is 5.58. The molecule has 174 valence electrons. The highest BCUT2D eigenvalue weighted by molar-refractivity contribution is 6.04. The number of carbonyl (C=O) groups excluding carboxylic acids is 1. The first kappa shape index (κ1) is 23.0. The van der Waals surface area contributed by atoms with Gasteiger partial charge in [-0.25, -0.2) is 4.39 Å². The van der Waals surface area contributed by atoms with Crippen molar-refractivity contribution in [2.75, 3.05) is 12.4 Å². The van der Waals surface area contributed by atoms with Crippen molar-refractivity contribution in [3.63, 3.8) is 0 Å². The number of ether oxygens (including phenoxy) is 2. The van der Waals surface area contributed by atoms with E-state index in [0.717, 1.165) is 22.8 Å². The Hall–Kier alpha value is -4.13. The van der Waals surface area contributed by atoms with Crippen molar-refractivity contribution in [2.24, 2.45) is 0 Å². The van der Waals surface area contributed by atoms with Crippen molar-refractivity contribution in [2.45, 2.75) is 27.0 Å². The van der Waals surface area contributed by atoms with Crippen molar-refractivity contribution in [1.82, 2.24) is 9.78 Å². The number of carbonyl (C=O) groups is 1. The molecule has 0 unspecified atom stereocenters. The fraction of sp³-hybridized carbons (Fsp3) is 0.185. The maximum atomic E-state index is 14.0. The monoisotopic (exact) mass is 459 g/mol. The van der Waals surface area contributed by atoms with E-state index in [4.69, 9.17) is 9.47 Å². The Bertz CT molecular complexity index is 1280.